The molecule has 0 amide bonds. The third-order valence-corrected chi connectivity index (χ3v) is 2.87. The van der Waals surface area contributed by atoms with E-state index in [0.29, 0.717) is 6.54 Å². The van der Waals surface area contributed by atoms with E-state index in [-0.39, 0.29) is 0 Å². The van der Waals surface area contributed by atoms with Crippen LogP contribution in [0.5, 0.6) is 0 Å². The van der Waals surface area contributed by atoms with E-state index in [2.05, 4.69) is 36.1 Å². The first kappa shape index (κ1) is 14.8. The standard InChI is InChI=1S/C15H24N2O/c1-5-8-17(9-6-2)12-15-10-14(11-16-7-3)13(4)18-15/h1,10,16H,6-9,11-12H2,2-4H3. The van der Waals surface area contributed by atoms with Gasteiger partial charge in [-0.3, -0.25) is 4.90 Å². The van der Waals surface area contributed by atoms with E-state index in [1.807, 2.05) is 6.92 Å². The number of nitrogens with zero attached hydrogens (tertiary/aromatic N) is 1. The van der Waals surface area contributed by atoms with Crippen LogP contribution >= 0.6 is 0 Å². The summed E-state index contributed by atoms with van der Waals surface area (Å²) in [5.41, 5.74) is 1.24. The zero-order valence-corrected chi connectivity index (χ0v) is 11.8. The lowest BCUT2D eigenvalue weighted by molar-refractivity contribution is 0.270. The number of furan rings is 1. The van der Waals surface area contributed by atoms with Gasteiger partial charge in [-0.2, -0.15) is 0 Å². The highest BCUT2D eigenvalue weighted by molar-refractivity contribution is 5.20. The largest absolute Gasteiger partial charge is 0.465 e. The normalized spacial score (nSPS) is 10.8. The molecule has 3 nitrogen and oxygen atoms in total. The molecule has 0 atom stereocenters. The van der Waals surface area contributed by atoms with Crippen molar-refractivity contribution in [1.29, 1.82) is 0 Å². The van der Waals surface area contributed by atoms with Crippen LogP contribution in [0.1, 0.15) is 37.4 Å². The Kier molecular flexibility index (Phi) is 6.56. The van der Waals surface area contributed by atoms with Gasteiger partial charge in [-0.05, 0) is 32.5 Å². The molecule has 0 aliphatic rings. The zero-order valence-electron chi connectivity index (χ0n) is 11.8. The Morgan fingerprint density at radius 3 is 2.83 bits per heavy atom. The summed E-state index contributed by atoms with van der Waals surface area (Å²) < 4.78 is 5.78. The van der Waals surface area contributed by atoms with Crippen LogP contribution in [-0.4, -0.2) is 24.5 Å². The molecule has 1 rings (SSSR count). The van der Waals surface area contributed by atoms with Gasteiger partial charge in [0.25, 0.3) is 0 Å². The highest BCUT2D eigenvalue weighted by atomic mass is 16.3. The molecule has 100 valence electrons. The van der Waals surface area contributed by atoms with E-state index in [1.54, 1.807) is 0 Å². The van der Waals surface area contributed by atoms with Crippen LogP contribution in [-0.2, 0) is 13.1 Å². The minimum atomic E-state index is 0.677. The van der Waals surface area contributed by atoms with Crippen molar-refractivity contribution in [2.75, 3.05) is 19.6 Å². The van der Waals surface area contributed by atoms with Gasteiger partial charge >= 0.3 is 0 Å². The van der Waals surface area contributed by atoms with Gasteiger partial charge in [0.15, 0.2) is 0 Å². The van der Waals surface area contributed by atoms with Crippen molar-refractivity contribution in [1.82, 2.24) is 10.2 Å². The van der Waals surface area contributed by atoms with Gasteiger partial charge in [0.05, 0.1) is 13.1 Å². The molecule has 0 fully saturated rings. The van der Waals surface area contributed by atoms with Crippen molar-refractivity contribution in [3.05, 3.63) is 23.2 Å². The van der Waals surface area contributed by atoms with Crippen LogP contribution in [0.3, 0.4) is 0 Å². The lowest BCUT2D eigenvalue weighted by Crippen LogP contribution is -2.24. The lowest BCUT2D eigenvalue weighted by Gasteiger charge is -2.16. The Labute approximate surface area is 111 Å². The van der Waals surface area contributed by atoms with Gasteiger partial charge in [-0.15, -0.1) is 6.42 Å². The molecule has 0 bridgehead atoms. The second-order valence-corrected chi connectivity index (χ2v) is 4.49. The SMILES string of the molecule is C#CCN(CCC)Cc1cc(CNCC)c(C)o1. The summed E-state index contributed by atoms with van der Waals surface area (Å²) in [6.45, 7) is 10.6. The van der Waals surface area contributed by atoms with Crippen LogP contribution < -0.4 is 5.32 Å². The number of hydrogen-bond acceptors (Lipinski definition) is 3. The fraction of sp³-hybridized carbons (Fsp3) is 0.600. The molecule has 18 heavy (non-hydrogen) atoms. The molecule has 1 aromatic rings. The summed E-state index contributed by atoms with van der Waals surface area (Å²) >= 11 is 0. The molecule has 0 unspecified atom stereocenters. The molecule has 0 saturated carbocycles. The third kappa shape index (κ3) is 4.56. The van der Waals surface area contributed by atoms with Crippen LogP contribution in [0, 0.1) is 19.3 Å². The maximum absolute atomic E-state index is 5.78. The maximum Gasteiger partial charge on any atom is 0.118 e. The Hall–Kier alpha value is -1.24. The molecular weight excluding hydrogens is 224 g/mol. The molecule has 0 aromatic carbocycles. The quantitative estimate of drug-likeness (QED) is 0.717. The summed E-state index contributed by atoms with van der Waals surface area (Å²) in [6, 6.07) is 2.14. The first-order chi connectivity index (χ1) is 8.71. The van der Waals surface area contributed by atoms with Gasteiger partial charge < -0.3 is 9.73 Å². The summed E-state index contributed by atoms with van der Waals surface area (Å²) in [5.74, 6) is 4.71. The summed E-state index contributed by atoms with van der Waals surface area (Å²) in [7, 11) is 0. The van der Waals surface area contributed by atoms with Gasteiger partial charge in [-0.1, -0.05) is 19.8 Å². The maximum atomic E-state index is 5.78. The highest BCUT2D eigenvalue weighted by Gasteiger charge is 2.10. The second-order valence-electron chi connectivity index (χ2n) is 4.49. The number of aryl methyl sites for hydroxylation is 1. The van der Waals surface area contributed by atoms with E-state index in [9.17, 15) is 0 Å². The molecule has 1 N–H and O–H groups in total. The minimum Gasteiger partial charge on any atom is -0.465 e. The molecule has 0 aliphatic heterocycles. The molecular formula is C15H24N2O. The number of terminal acetylenes is 1. The van der Waals surface area contributed by atoms with E-state index in [0.717, 1.165) is 44.1 Å². The predicted molar refractivity (Wildman–Crippen MR) is 75.2 cm³/mol. The fourth-order valence-electron chi connectivity index (χ4n) is 1.98. The van der Waals surface area contributed by atoms with Gasteiger partial charge in [0.1, 0.15) is 11.5 Å². The average molecular weight is 248 g/mol. The van der Waals surface area contributed by atoms with E-state index in [4.69, 9.17) is 10.8 Å². The molecule has 0 saturated heterocycles. The molecule has 0 aliphatic carbocycles. The fourth-order valence-corrected chi connectivity index (χ4v) is 1.98. The number of rotatable bonds is 8. The Bertz CT molecular complexity index is 390. The van der Waals surface area contributed by atoms with E-state index >= 15 is 0 Å². The van der Waals surface area contributed by atoms with Gasteiger partial charge in [-0.25, -0.2) is 0 Å². The zero-order chi connectivity index (χ0) is 13.4. The Morgan fingerprint density at radius 1 is 1.44 bits per heavy atom. The van der Waals surface area contributed by atoms with Crippen LogP contribution in [0.2, 0.25) is 0 Å². The summed E-state index contributed by atoms with van der Waals surface area (Å²) in [5, 5.41) is 3.32. The first-order valence-electron chi connectivity index (χ1n) is 6.65. The monoisotopic (exact) mass is 248 g/mol. The van der Waals surface area contributed by atoms with Crippen LogP contribution in [0.25, 0.3) is 0 Å². The Morgan fingerprint density at radius 2 is 2.22 bits per heavy atom. The van der Waals surface area contributed by atoms with Crippen molar-refractivity contribution in [3.8, 4) is 12.3 Å². The highest BCUT2D eigenvalue weighted by Crippen LogP contribution is 2.16. The van der Waals surface area contributed by atoms with Crippen molar-refractivity contribution in [2.24, 2.45) is 0 Å². The smallest absolute Gasteiger partial charge is 0.118 e. The van der Waals surface area contributed by atoms with Crippen molar-refractivity contribution in [2.45, 2.75) is 40.3 Å². The van der Waals surface area contributed by atoms with Gasteiger partial charge in [0, 0.05) is 12.1 Å². The van der Waals surface area contributed by atoms with Gasteiger partial charge in [0.2, 0.25) is 0 Å². The third-order valence-electron chi connectivity index (χ3n) is 2.87. The van der Waals surface area contributed by atoms with Crippen molar-refractivity contribution in [3.63, 3.8) is 0 Å². The van der Waals surface area contributed by atoms with Crippen LogP contribution in [0.15, 0.2) is 10.5 Å². The predicted octanol–water partition coefficient (Wildman–Crippen LogP) is 2.54. The second kappa shape index (κ2) is 7.97. The molecule has 0 radical (unpaired) electrons. The summed E-state index contributed by atoms with van der Waals surface area (Å²) in [6.07, 6.45) is 6.48. The summed E-state index contributed by atoms with van der Waals surface area (Å²) in [4.78, 5) is 2.23. The van der Waals surface area contributed by atoms with Crippen LogP contribution in [0.4, 0.5) is 0 Å². The molecule has 0 spiro atoms. The first-order valence-corrected chi connectivity index (χ1v) is 6.65. The molecule has 1 aromatic heterocycles. The topological polar surface area (TPSA) is 28.4 Å². The molecule has 3 heteroatoms. The number of nitrogens with one attached hydrogen (secondary N) is 1. The van der Waals surface area contributed by atoms with Crippen molar-refractivity contribution >= 4 is 0 Å². The average Bonchev–Trinajstić information content (AvgIpc) is 2.67. The minimum absolute atomic E-state index is 0.677. The van der Waals surface area contributed by atoms with Crippen molar-refractivity contribution < 1.29 is 4.42 Å². The lowest BCUT2D eigenvalue weighted by atomic mass is 10.2. The molecule has 1 heterocycles. The Balaban J connectivity index is 2.63. The van der Waals surface area contributed by atoms with E-state index in [1.165, 1.54) is 5.56 Å². The number of hydrogen-bond donors (Lipinski definition) is 1. The van der Waals surface area contributed by atoms with E-state index < -0.39 is 0 Å².